The Bertz CT molecular complexity index is 1120. The van der Waals surface area contributed by atoms with E-state index >= 15 is 0 Å². The summed E-state index contributed by atoms with van der Waals surface area (Å²) in [6.45, 7) is 2.54. The highest BCUT2D eigenvalue weighted by Gasteiger charge is 2.37. The summed E-state index contributed by atoms with van der Waals surface area (Å²) in [6, 6.07) is 4.79. The van der Waals surface area contributed by atoms with Crippen molar-refractivity contribution >= 4 is 14.9 Å². The van der Waals surface area contributed by atoms with Crippen molar-refractivity contribution in [1.29, 1.82) is 0 Å². The summed E-state index contributed by atoms with van der Waals surface area (Å²) < 4.78 is 104. The normalized spacial score (nSPS) is 15.4. The number of ether oxygens (including phenoxy) is 2. The molecule has 168 valence electrons. The zero-order valence-corrected chi connectivity index (χ0v) is 17.0. The summed E-state index contributed by atoms with van der Waals surface area (Å²) in [5.41, 5.74) is -0.758. The van der Waals surface area contributed by atoms with Crippen molar-refractivity contribution in [2.75, 3.05) is 5.94 Å². The van der Waals surface area contributed by atoms with Crippen molar-refractivity contribution in [3.05, 3.63) is 58.9 Å². The van der Waals surface area contributed by atoms with Gasteiger partial charge in [0.15, 0.2) is 22.5 Å². The molecule has 1 aliphatic heterocycles. The van der Waals surface area contributed by atoms with Crippen LogP contribution in [0.1, 0.15) is 25.8 Å². The third kappa shape index (κ3) is 4.89. The molecule has 0 aliphatic carbocycles. The first-order chi connectivity index (χ1) is 14.4. The molecule has 31 heavy (non-hydrogen) atoms. The lowest BCUT2D eigenvalue weighted by Gasteiger charge is -2.14. The molecule has 0 fully saturated rings. The van der Waals surface area contributed by atoms with Crippen molar-refractivity contribution in [1.82, 2.24) is 0 Å². The molecule has 2 aromatic rings. The SMILES string of the molecule is CC1(C)CC(S(=O)(=O)COc2c(F)c(F)c(OCc3cccc(F)c3)c(F)c2F)=NO1. The number of hydrogen-bond donors (Lipinski definition) is 0. The van der Waals surface area contributed by atoms with Gasteiger partial charge in [0.2, 0.25) is 33.1 Å². The number of rotatable bonds is 6. The lowest BCUT2D eigenvalue weighted by atomic mass is 10.1. The van der Waals surface area contributed by atoms with Crippen LogP contribution in [0.5, 0.6) is 11.5 Å². The molecule has 1 aliphatic rings. The Balaban J connectivity index is 1.80. The first-order valence-corrected chi connectivity index (χ1v) is 10.4. The molecule has 0 unspecified atom stereocenters. The first-order valence-electron chi connectivity index (χ1n) is 8.75. The zero-order valence-electron chi connectivity index (χ0n) is 16.2. The van der Waals surface area contributed by atoms with Crippen molar-refractivity contribution in [2.24, 2.45) is 5.16 Å². The number of sulfone groups is 1. The quantitative estimate of drug-likeness (QED) is 0.472. The molecule has 6 nitrogen and oxygen atoms in total. The fourth-order valence-electron chi connectivity index (χ4n) is 2.60. The molecule has 0 N–H and O–H groups in total. The number of benzene rings is 2. The van der Waals surface area contributed by atoms with Gasteiger partial charge in [0.25, 0.3) is 0 Å². The predicted molar refractivity (Wildman–Crippen MR) is 98.6 cm³/mol. The van der Waals surface area contributed by atoms with Crippen LogP contribution in [0, 0.1) is 29.1 Å². The summed E-state index contributed by atoms with van der Waals surface area (Å²) in [6.07, 6.45) is -0.126. The van der Waals surface area contributed by atoms with Crippen LogP contribution in [0.3, 0.4) is 0 Å². The van der Waals surface area contributed by atoms with Crippen molar-refractivity contribution in [2.45, 2.75) is 32.5 Å². The van der Waals surface area contributed by atoms with E-state index in [0.717, 1.165) is 12.1 Å². The van der Waals surface area contributed by atoms with Gasteiger partial charge in [-0.15, -0.1) is 0 Å². The second kappa shape index (κ2) is 8.33. The average Bonchev–Trinajstić information content (AvgIpc) is 3.07. The van der Waals surface area contributed by atoms with E-state index in [0.29, 0.717) is 0 Å². The fraction of sp³-hybridized carbons (Fsp3) is 0.316. The Labute approximate surface area is 174 Å². The highest BCUT2D eigenvalue weighted by molar-refractivity contribution is 8.06. The Kier molecular flexibility index (Phi) is 6.12. The summed E-state index contributed by atoms with van der Waals surface area (Å²) in [7, 11) is -4.29. The summed E-state index contributed by atoms with van der Waals surface area (Å²) >= 11 is 0. The average molecular weight is 465 g/mol. The zero-order chi connectivity index (χ0) is 23.0. The molecule has 2 aromatic carbocycles. The van der Waals surface area contributed by atoms with Gasteiger partial charge < -0.3 is 14.3 Å². The van der Waals surface area contributed by atoms with Gasteiger partial charge >= 0.3 is 0 Å². The second-order valence-electron chi connectivity index (χ2n) is 7.22. The highest BCUT2D eigenvalue weighted by Crippen LogP contribution is 2.35. The molecule has 0 saturated carbocycles. The molecule has 3 rings (SSSR count). The summed E-state index contributed by atoms with van der Waals surface area (Å²) in [4.78, 5) is 4.91. The van der Waals surface area contributed by atoms with Crippen LogP contribution in [0.4, 0.5) is 22.0 Å². The molecule has 0 aromatic heterocycles. The Morgan fingerprint density at radius 1 is 1.00 bits per heavy atom. The van der Waals surface area contributed by atoms with Crippen molar-refractivity contribution in [3.8, 4) is 11.5 Å². The standard InChI is InChI=1S/C19H16F5NO5S/c1-19(2)7-12(25-30-19)31(26,27)9-29-18-15(23)13(21)17(14(22)16(18)24)28-8-10-4-3-5-11(20)6-10/h3-6H,7-9H2,1-2H3. The minimum atomic E-state index is -4.29. The maximum Gasteiger partial charge on any atom is 0.230 e. The van der Waals surface area contributed by atoms with Crippen LogP contribution in [0.25, 0.3) is 0 Å². The molecule has 0 spiro atoms. The van der Waals surface area contributed by atoms with Crippen LogP contribution >= 0.6 is 0 Å². The van der Waals surface area contributed by atoms with E-state index in [1.165, 1.54) is 12.1 Å². The van der Waals surface area contributed by atoms with E-state index in [1.807, 2.05) is 0 Å². The van der Waals surface area contributed by atoms with E-state index in [2.05, 4.69) is 9.89 Å². The van der Waals surface area contributed by atoms with Gasteiger partial charge in [0.1, 0.15) is 18.0 Å². The minimum Gasteiger partial charge on any atom is -0.483 e. The first kappa shape index (κ1) is 22.8. The van der Waals surface area contributed by atoms with E-state index in [4.69, 9.17) is 9.57 Å². The van der Waals surface area contributed by atoms with Crippen LogP contribution < -0.4 is 9.47 Å². The van der Waals surface area contributed by atoms with Crippen LogP contribution in [0.15, 0.2) is 29.4 Å². The van der Waals surface area contributed by atoms with Gasteiger partial charge in [0.05, 0.1) is 0 Å². The molecule has 0 atom stereocenters. The molecule has 0 amide bonds. The maximum atomic E-state index is 14.3. The molecule has 0 bridgehead atoms. The largest absolute Gasteiger partial charge is 0.483 e. The van der Waals surface area contributed by atoms with Crippen molar-refractivity contribution < 1.29 is 44.7 Å². The smallest absolute Gasteiger partial charge is 0.230 e. The third-order valence-corrected chi connectivity index (χ3v) is 5.51. The molecule has 0 saturated heterocycles. The summed E-state index contributed by atoms with van der Waals surface area (Å²) in [5.74, 6) is -12.8. The van der Waals surface area contributed by atoms with Crippen molar-refractivity contribution in [3.63, 3.8) is 0 Å². The van der Waals surface area contributed by atoms with Crippen LogP contribution in [0.2, 0.25) is 0 Å². The topological polar surface area (TPSA) is 74.2 Å². The molecule has 0 radical (unpaired) electrons. The number of oxime groups is 1. The minimum absolute atomic E-state index is 0.126. The lowest BCUT2D eigenvalue weighted by Crippen LogP contribution is -2.26. The van der Waals surface area contributed by atoms with Gasteiger partial charge in [-0.25, -0.2) is 12.8 Å². The number of nitrogens with zero attached hydrogens (tertiary/aromatic N) is 1. The highest BCUT2D eigenvalue weighted by atomic mass is 32.2. The number of halogens is 5. The van der Waals surface area contributed by atoms with Crippen LogP contribution in [-0.4, -0.2) is 25.0 Å². The van der Waals surface area contributed by atoms with E-state index in [-0.39, 0.29) is 12.0 Å². The fourth-order valence-corrected chi connectivity index (χ4v) is 3.73. The summed E-state index contributed by atoms with van der Waals surface area (Å²) in [5, 5.41) is 2.96. The predicted octanol–water partition coefficient (Wildman–Crippen LogP) is 4.22. The second-order valence-corrected chi connectivity index (χ2v) is 9.16. The lowest BCUT2D eigenvalue weighted by molar-refractivity contribution is 0.0123. The van der Waals surface area contributed by atoms with Gasteiger partial charge in [-0.3, -0.25) is 0 Å². The maximum absolute atomic E-state index is 14.3. The van der Waals surface area contributed by atoms with E-state index < -0.39 is 73.6 Å². The van der Waals surface area contributed by atoms with Crippen LogP contribution in [-0.2, 0) is 21.3 Å². The third-order valence-electron chi connectivity index (χ3n) is 4.14. The number of hydrogen-bond acceptors (Lipinski definition) is 6. The molecular weight excluding hydrogens is 449 g/mol. The molecular formula is C19H16F5NO5S. The Morgan fingerprint density at radius 2 is 1.58 bits per heavy atom. The van der Waals surface area contributed by atoms with Gasteiger partial charge in [-0.1, -0.05) is 17.3 Å². The van der Waals surface area contributed by atoms with Gasteiger partial charge in [-0.05, 0) is 31.5 Å². The van der Waals surface area contributed by atoms with E-state index in [9.17, 15) is 30.4 Å². The monoisotopic (exact) mass is 465 g/mol. The van der Waals surface area contributed by atoms with Gasteiger partial charge in [0, 0.05) is 6.42 Å². The van der Waals surface area contributed by atoms with Gasteiger partial charge in [-0.2, -0.15) is 17.6 Å². The van der Waals surface area contributed by atoms with E-state index in [1.54, 1.807) is 13.8 Å². The molecule has 12 heteroatoms. The molecule has 1 heterocycles. The Hall–Kier alpha value is -2.89. The Morgan fingerprint density at radius 3 is 2.10 bits per heavy atom.